The highest BCUT2D eigenvalue weighted by Gasteiger charge is 2.34. The number of nitrogens with zero attached hydrogens (tertiary/aromatic N) is 2. The van der Waals surface area contributed by atoms with E-state index < -0.39 is 10.0 Å². The van der Waals surface area contributed by atoms with Crippen LogP contribution in [0.15, 0.2) is 48.7 Å². The first-order valence-electron chi connectivity index (χ1n) is 8.46. The Kier molecular flexibility index (Phi) is 5.24. The number of anilines is 1. The third-order valence-corrected chi connectivity index (χ3v) is 5.81. The molecule has 1 saturated heterocycles. The molecule has 2 atom stereocenters. The number of pyridine rings is 1. The van der Waals surface area contributed by atoms with Crippen LogP contribution in [0.5, 0.6) is 0 Å². The second-order valence-corrected chi connectivity index (χ2v) is 8.34. The molecule has 0 aliphatic carbocycles. The van der Waals surface area contributed by atoms with Crippen molar-refractivity contribution in [3.63, 3.8) is 0 Å². The molecule has 1 amide bonds. The van der Waals surface area contributed by atoms with Crippen molar-refractivity contribution in [2.45, 2.75) is 18.9 Å². The van der Waals surface area contributed by atoms with Gasteiger partial charge in [-0.1, -0.05) is 30.3 Å². The molecule has 1 aliphatic rings. The number of amides is 1. The van der Waals surface area contributed by atoms with Gasteiger partial charge >= 0.3 is 0 Å². The van der Waals surface area contributed by atoms with Gasteiger partial charge in [-0.2, -0.15) is 0 Å². The number of benzene rings is 1. The van der Waals surface area contributed by atoms with Gasteiger partial charge in [0.1, 0.15) is 5.82 Å². The van der Waals surface area contributed by atoms with Gasteiger partial charge in [0, 0.05) is 31.2 Å². The maximum absolute atomic E-state index is 12.7. The lowest BCUT2D eigenvalue weighted by molar-refractivity contribution is 0.0789. The summed E-state index contributed by atoms with van der Waals surface area (Å²) in [6.07, 6.45) is 1.39. The molecular weight excluding hydrogens is 352 g/mol. The van der Waals surface area contributed by atoms with Crippen LogP contribution in [-0.4, -0.2) is 49.1 Å². The maximum atomic E-state index is 12.7. The summed E-state index contributed by atoms with van der Waals surface area (Å²) in [6, 6.07) is 12.9. The van der Waals surface area contributed by atoms with Gasteiger partial charge in [-0.25, -0.2) is 13.4 Å². The molecule has 2 aromatic rings. The molecule has 1 aliphatic heterocycles. The molecule has 0 spiro atoms. The molecule has 1 fully saturated rings. The summed E-state index contributed by atoms with van der Waals surface area (Å²) in [5.41, 5.74) is 7.77. The molecule has 0 bridgehead atoms. The van der Waals surface area contributed by atoms with Crippen molar-refractivity contribution in [3.05, 3.63) is 59.8 Å². The topological polar surface area (TPSA) is 105 Å². The standard InChI is InChI=1S/C18H22N4O3S/c1-2-26(24,25)21-17-9-8-14(10-20-17)18(23)22-11-15(16(19)12-22)13-6-4-3-5-7-13/h3-10,15-16H,2,11-12,19H2,1H3,(H,20,21)/t15-,16+/m0/s1. The molecule has 2 heterocycles. The Morgan fingerprint density at radius 3 is 2.58 bits per heavy atom. The summed E-state index contributed by atoms with van der Waals surface area (Å²) < 4.78 is 25.5. The van der Waals surface area contributed by atoms with E-state index in [4.69, 9.17) is 5.73 Å². The van der Waals surface area contributed by atoms with E-state index in [-0.39, 0.29) is 29.4 Å². The van der Waals surface area contributed by atoms with Crippen LogP contribution >= 0.6 is 0 Å². The first-order valence-corrected chi connectivity index (χ1v) is 10.1. The molecule has 7 nitrogen and oxygen atoms in total. The van der Waals surface area contributed by atoms with Crippen LogP contribution in [0.4, 0.5) is 5.82 Å². The van der Waals surface area contributed by atoms with Gasteiger partial charge in [0.2, 0.25) is 10.0 Å². The number of nitrogens with one attached hydrogen (secondary N) is 1. The number of likely N-dealkylation sites (tertiary alicyclic amines) is 1. The minimum atomic E-state index is -3.39. The summed E-state index contributed by atoms with van der Waals surface area (Å²) in [5.74, 6) is 0.103. The fourth-order valence-electron chi connectivity index (χ4n) is 3.04. The van der Waals surface area contributed by atoms with Crippen molar-refractivity contribution < 1.29 is 13.2 Å². The minimum Gasteiger partial charge on any atom is -0.336 e. The average Bonchev–Trinajstić information content (AvgIpc) is 3.04. The van der Waals surface area contributed by atoms with Crippen molar-refractivity contribution in [2.24, 2.45) is 5.73 Å². The van der Waals surface area contributed by atoms with Crippen LogP contribution in [0.3, 0.4) is 0 Å². The Labute approximate surface area is 153 Å². The van der Waals surface area contributed by atoms with Gasteiger partial charge in [0.15, 0.2) is 0 Å². The first-order chi connectivity index (χ1) is 12.4. The van der Waals surface area contributed by atoms with E-state index in [1.807, 2.05) is 30.3 Å². The third-order valence-electron chi connectivity index (χ3n) is 4.53. The second-order valence-electron chi connectivity index (χ2n) is 6.33. The van der Waals surface area contributed by atoms with Crippen molar-refractivity contribution in [2.75, 3.05) is 23.6 Å². The second kappa shape index (κ2) is 7.43. The van der Waals surface area contributed by atoms with Gasteiger partial charge in [0.25, 0.3) is 5.91 Å². The van der Waals surface area contributed by atoms with E-state index in [0.717, 1.165) is 5.56 Å². The van der Waals surface area contributed by atoms with E-state index in [1.165, 1.54) is 12.3 Å². The monoisotopic (exact) mass is 374 g/mol. The number of nitrogens with two attached hydrogens (primary N) is 1. The van der Waals surface area contributed by atoms with Gasteiger partial charge in [0.05, 0.1) is 11.3 Å². The number of hydrogen-bond acceptors (Lipinski definition) is 5. The highest BCUT2D eigenvalue weighted by Crippen LogP contribution is 2.27. The quantitative estimate of drug-likeness (QED) is 0.823. The molecule has 1 aromatic heterocycles. The lowest BCUT2D eigenvalue weighted by Crippen LogP contribution is -2.32. The predicted molar refractivity (Wildman–Crippen MR) is 100 cm³/mol. The van der Waals surface area contributed by atoms with Crippen molar-refractivity contribution in [1.29, 1.82) is 0 Å². The first kappa shape index (κ1) is 18.3. The molecule has 3 rings (SSSR count). The van der Waals surface area contributed by atoms with Crippen LogP contribution in [0.25, 0.3) is 0 Å². The number of rotatable bonds is 5. The molecule has 26 heavy (non-hydrogen) atoms. The molecule has 3 N–H and O–H groups in total. The van der Waals surface area contributed by atoms with Gasteiger partial charge in [-0.15, -0.1) is 0 Å². The van der Waals surface area contributed by atoms with Crippen molar-refractivity contribution in [3.8, 4) is 0 Å². The van der Waals surface area contributed by atoms with E-state index in [9.17, 15) is 13.2 Å². The van der Waals surface area contributed by atoms with Crippen molar-refractivity contribution >= 4 is 21.7 Å². The van der Waals surface area contributed by atoms with Gasteiger partial charge in [-0.05, 0) is 24.6 Å². The lowest BCUT2D eigenvalue weighted by Gasteiger charge is -2.16. The number of hydrogen-bond donors (Lipinski definition) is 2. The zero-order chi connectivity index (χ0) is 18.7. The minimum absolute atomic E-state index is 0.0398. The molecular formula is C18H22N4O3S. The normalized spacial score (nSPS) is 20.2. The highest BCUT2D eigenvalue weighted by molar-refractivity contribution is 7.92. The van der Waals surface area contributed by atoms with E-state index in [0.29, 0.717) is 18.7 Å². The van der Waals surface area contributed by atoms with E-state index in [2.05, 4.69) is 9.71 Å². The zero-order valence-electron chi connectivity index (χ0n) is 14.5. The number of carbonyl (C=O) groups excluding carboxylic acids is 1. The Morgan fingerprint density at radius 2 is 1.96 bits per heavy atom. The largest absolute Gasteiger partial charge is 0.336 e. The Bertz CT molecular complexity index is 869. The smallest absolute Gasteiger partial charge is 0.255 e. The van der Waals surface area contributed by atoms with Crippen LogP contribution in [0.1, 0.15) is 28.8 Å². The Morgan fingerprint density at radius 1 is 1.23 bits per heavy atom. The van der Waals surface area contributed by atoms with E-state index in [1.54, 1.807) is 17.9 Å². The van der Waals surface area contributed by atoms with Gasteiger partial charge < -0.3 is 10.6 Å². The number of aromatic nitrogens is 1. The molecule has 0 radical (unpaired) electrons. The predicted octanol–water partition coefficient (Wildman–Crippen LogP) is 1.41. The average molecular weight is 374 g/mol. The van der Waals surface area contributed by atoms with Crippen molar-refractivity contribution in [1.82, 2.24) is 9.88 Å². The van der Waals surface area contributed by atoms with Crippen LogP contribution in [0.2, 0.25) is 0 Å². The Balaban J connectivity index is 1.70. The third kappa shape index (κ3) is 4.03. The Hall–Kier alpha value is -2.45. The van der Waals surface area contributed by atoms with E-state index >= 15 is 0 Å². The summed E-state index contributed by atoms with van der Waals surface area (Å²) in [6.45, 7) is 2.57. The summed E-state index contributed by atoms with van der Waals surface area (Å²) in [5, 5.41) is 0. The molecule has 0 saturated carbocycles. The van der Waals surface area contributed by atoms with Crippen LogP contribution in [-0.2, 0) is 10.0 Å². The van der Waals surface area contributed by atoms with Crippen LogP contribution in [0, 0.1) is 0 Å². The number of carbonyl (C=O) groups is 1. The fourth-order valence-corrected chi connectivity index (χ4v) is 3.63. The molecule has 8 heteroatoms. The van der Waals surface area contributed by atoms with Gasteiger partial charge in [-0.3, -0.25) is 9.52 Å². The highest BCUT2D eigenvalue weighted by atomic mass is 32.2. The fraction of sp³-hybridized carbons (Fsp3) is 0.333. The lowest BCUT2D eigenvalue weighted by atomic mass is 9.95. The molecule has 0 unspecified atom stereocenters. The SMILES string of the molecule is CCS(=O)(=O)Nc1ccc(C(=O)N2C[C@@H](N)[C@H](c3ccccc3)C2)cn1. The van der Waals surface area contributed by atoms with Crippen LogP contribution < -0.4 is 10.5 Å². The molecule has 1 aromatic carbocycles. The maximum Gasteiger partial charge on any atom is 0.255 e. The molecule has 138 valence electrons. The number of sulfonamides is 1. The summed E-state index contributed by atoms with van der Waals surface area (Å²) >= 11 is 0. The zero-order valence-corrected chi connectivity index (χ0v) is 15.3. The summed E-state index contributed by atoms with van der Waals surface area (Å²) in [7, 11) is -3.39. The summed E-state index contributed by atoms with van der Waals surface area (Å²) in [4.78, 5) is 18.5.